The van der Waals surface area contributed by atoms with E-state index in [4.69, 9.17) is 5.11 Å². The van der Waals surface area contributed by atoms with E-state index in [-0.39, 0.29) is 12.0 Å². The molecule has 1 aliphatic rings. The Hall–Kier alpha value is -1.32. The molecule has 0 aliphatic heterocycles. The van der Waals surface area contributed by atoms with Gasteiger partial charge in [-0.2, -0.15) is 5.10 Å². The van der Waals surface area contributed by atoms with Crippen LogP contribution in [0.1, 0.15) is 44.1 Å². The molecule has 0 radical (unpaired) electrons. The van der Waals surface area contributed by atoms with Gasteiger partial charge in [0.2, 0.25) is 0 Å². The van der Waals surface area contributed by atoms with Crippen LogP contribution in [0.15, 0.2) is 12.4 Å². The lowest BCUT2D eigenvalue weighted by Gasteiger charge is -2.36. The highest BCUT2D eigenvalue weighted by molar-refractivity contribution is 5.68. The van der Waals surface area contributed by atoms with Crippen molar-refractivity contribution >= 4 is 5.97 Å². The lowest BCUT2D eigenvalue weighted by molar-refractivity contribution is -0.140. The van der Waals surface area contributed by atoms with Crippen molar-refractivity contribution in [1.82, 2.24) is 9.78 Å². The third kappa shape index (κ3) is 2.10. The largest absolute Gasteiger partial charge is 0.481 e. The standard InChI is InChI=1S/C12H18N2O2/c1-10-8-13-14(9-10)12(7-11(15)16)5-3-2-4-6-12/h8-9H,2-7H2,1H3,(H,15,16). The third-order valence-electron chi connectivity index (χ3n) is 3.46. The number of rotatable bonds is 3. The van der Waals surface area contributed by atoms with Gasteiger partial charge in [0.15, 0.2) is 0 Å². The van der Waals surface area contributed by atoms with Crippen LogP contribution in [0.2, 0.25) is 0 Å². The van der Waals surface area contributed by atoms with E-state index >= 15 is 0 Å². The van der Waals surface area contributed by atoms with Gasteiger partial charge in [0.25, 0.3) is 0 Å². The molecule has 1 saturated carbocycles. The monoisotopic (exact) mass is 222 g/mol. The topological polar surface area (TPSA) is 55.1 Å². The molecule has 4 heteroatoms. The number of carboxylic acid groups (broad SMARTS) is 1. The fourth-order valence-corrected chi connectivity index (χ4v) is 2.65. The van der Waals surface area contributed by atoms with E-state index in [1.165, 1.54) is 6.42 Å². The molecule has 4 nitrogen and oxygen atoms in total. The first-order valence-corrected chi connectivity index (χ1v) is 5.86. The molecule has 0 saturated heterocycles. The highest BCUT2D eigenvalue weighted by Crippen LogP contribution is 2.37. The summed E-state index contributed by atoms with van der Waals surface area (Å²) in [5.74, 6) is -0.727. The van der Waals surface area contributed by atoms with Gasteiger partial charge >= 0.3 is 5.97 Å². The van der Waals surface area contributed by atoms with E-state index in [9.17, 15) is 4.79 Å². The number of hydrogen-bond acceptors (Lipinski definition) is 2. The molecule has 1 heterocycles. The molecule has 1 aromatic heterocycles. The quantitative estimate of drug-likeness (QED) is 0.853. The zero-order valence-electron chi connectivity index (χ0n) is 9.65. The minimum absolute atomic E-state index is 0.189. The minimum atomic E-state index is -0.727. The number of carboxylic acids is 1. The van der Waals surface area contributed by atoms with Gasteiger partial charge in [0.1, 0.15) is 0 Å². The van der Waals surface area contributed by atoms with Gasteiger partial charge in [-0.1, -0.05) is 19.3 Å². The molecule has 1 aromatic rings. The molecule has 1 fully saturated rings. The Labute approximate surface area is 95.3 Å². The molecular formula is C12H18N2O2. The summed E-state index contributed by atoms with van der Waals surface area (Å²) in [6.45, 7) is 1.99. The smallest absolute Gasteiger partial charge is 0.305 e. The van der Waals surface area contributed by atoms with E-state index in [2.05, 4.69) is 5.10 Å². The second kappa shape index (κ2) is 4.28. The first-order chi connectivity index (χ1) is 7.62. The van der Waals surface area contributed by atoms with Crippen molar-refractivity contribution in [1.29, 1.82) is 0 Å². The summed E-state index contributed by atoms with van der Waals surface area (Å²) in [6, 6.07) is 0. The molecule has 0 spiro atoms. The molecule has 88 valence electrons. The van der Waals surface area contributed by atoms with E-state index < -0.39 is 5.97 Å². The molecule has 0 aromatic carbocycles. The number of hydrogen-bond donors (Lipinski definition) is 1. The Morgan fingerprint density at radius 3 is 2.69 bits per heavy atom. The first kappa shape index (κ1) is 11.2. The van der Waals surface area contributed by atoms with Crippen molar-refractivity contribution in [2.75, 3.05) is 0 Å². The predicted octanol–water partition coefficient (Wildman–Crippen LogP) is 2.33. The zero-order chi connectivity index (χ0) is 11.6. The average molecular weight is 222 g/mol. The molecule has 0 unspecified atom stereocenters. The van der Waals surface area contributed by atoms with Gasteiger partial charge < -0.3 is 5.11 Å². The Morgan fingerprint density at radius 1 is 1.50 bits per heavy atom. The predicted molar refractivity (Wildman–Crippen MR) is 60.3 cm³/mol. The first-order valence-electron chi connectivity index (χ1n) is 5.86. The summed E-state index contributed by atoms with van der Waals surface area (Å²) < 4.78 is 1.88. The van der Waals surface area contributed by atoms with Crippen molar-refractivity contribution in [3.05, 3.63) is 18.0 Å². The maximum Gasteiger partial charge on any atom is 0.305 e. The molecule has 0 amide bonds. The zero-order valence-corrected chi connectivity index (χ0v) is 9.65. The van der Waals surface area contributed by atoms with Crippen LogP contribution >= 0.6 is 0 Å². The molecule has 0 bridgehead atoms. The number of nitrogens with zero attached hydrogens (tertiary/aromatic N) is 2. The SMILES string of the molecule is Cc1cnn(C2(CC(=O)O)CCCCC2)c1. The Balaban J connectivity index is 2.29. The summed E-state index contributed by atoms with van der Waals surface area (Å²) in [6.07, 6.45) is 9.24. The van der Waals surface area contributed by atoms with Crippen LogP contribution in [0.25, 0.3) is 0 Å². The van der Waals surface area contributed by atoms with Crippen LogP contribution in [-0.2, 0) is 10.3 Å². The van der Waals surface area contributed by atoms with Gasteiger partial charge in [0, 0.05) is 6.20 Å². The highest BCUT2D eigenvalue weighted by Gasteiger charge is 2.36. The van der Waals surface area contributed by atoms with Crippen molar-refractivity contribution in [3.63, 3.8) is 0 Å². The van der Waals surface area contributed by atoms with Crippen molar-refractivity contribution in [2.45, 2.75) is 51.0 Å². The van der Waals surface area contributed by atoms with Gasteiger partial charge in [-0.15, -0.1) is 0 Å². The fraction of sp³-hybridized carbons (Fsp3) is 0.667. The molecule has 0 atom stereocenters. The molecule has 1 aliphatic carbocycles. The number of aliphatic carboxylic acids is 1. The van der Waals surface area contributed by atoms with Gasteiger partial charge in [-0.05, 0) is 25.3 Å². The van der Waals surface area contributed by atoms with Crippen LogP contribution in [0, 0.1) is 6.92 Å². The number of aromatic nitrogens is 2. The van der Waals surface area contributed by atoms with Gasteiger partial charge in [-0.3, -0.25) is 9.48 Å². The van der Waals surface area contributed by atoms with Crippen LogP contribution in [-0.4, -0.2) is 20.9 Å². The Bertz CT molecular complexity index is 378. The van der Waals surface area contributed by atoms with E-state index in [1.807, 2.05) is 17.8 Å². The summed E-state index contributed by atoms with van der Waals surface area (Å²) in [5.41, 5.74) is 0.813. The minimum Gasteiger partial charge on any atom is -0.481 e. The summed E-state index contributed by atoms with van der Waals surface area (Å²) in [7, 11) is 0. The van der Waals surface area contributed by atoms with Gasteiger partial charge in [0.05, 0.1) is 18.2 Å². The second-order valence-corrected chi connectivity index (χ2v) is 4.82. The van der Waals surface area contributed by atoms with Crippen molar-refractivity contribution < 1.29 is 9.90 Å². The van der Waals surface area contributed by atoms with E-state index in [0.29, 0.717) is 0 Å². The van der Waals surface area contributed by atoms with Crippen LogP contribution in [0.3, 0.4) is 0 Å². The second-order valence-electron chi connectivity index (χ2n) is 4.82. The maximum atomic E-state index is 11.0. The van der Waals surface area contributed by atoms with Crippen molar-refractivity contribution in [2.24, 2.45) is 0 Å². The Kier molecular flexibility index (Phi) is 2.99. The summed E-state index contributed by atoms with van der Waals surface area (Å²) in [5, 5.41) is 13.4. The number of carbonyl (C=O) groups is 1. The normalized spacial score (nSPS) is 19.6. The molecule has 1 N–H and O–H groups in total. The van der Waals surface area contributed by atoms with E-state index in [0.717, 1.165) is 31.2 Å². The van der Waals surface area contributed by atoms with Gasteiger partial charge in [-0.25, -0.2) is 0 Å². The van der Waals surface area contributed by atoms with Crippen molar-refractivity contribution in [3.8, 4) is 0 Å². The average Bonchev–Trinajstić information content (AvgIpc) is 2.66. The molecular weight excluding hydrogens is 204 g/mol. The van der Waals surface area contributed by atoms with E-state index in [1.54, 1.807) is 6.20 Å². The van der Waals surface area contributed by atoms with Crippen LogP contribution in [0.4, 0.5) is 0 Å². The summed E-state index contributed by atoms with van der Waals surface area (Å²) >= 11 is 0. The highest BCUT2D eigenvalue weighted by atomic mass is 16.4. The maximum absolute atomic E-state index is 11.0. The number of aryl methyl sites for hydroxylation is 1. The fourth-order valence-electron chi connectivity index (χ4n) is 2.65. The third-order valence-corrected chi connectivity index (χ3v) is 3.46. The Morgan fingerprint density at radius 2 is 2.19 bits per heavy atom. The van der Waals surface area contributed by atoms with Crippen LogP contribution < -0.4 is 0 Å². The molecule has 16 heavy (non-hydrogen) atoms. The van der Waals surface area contributed by atoms with Crippen LogP contribution in [0.5, 0.6) is 0 Å². The lowest BCUT2D eigenvalue weighted by atomic mass is 9.79. The summed E-state index contributed by atoms with van der Waals surface area (Å²) in [4.78, 5) is 11.0. The molecule has 2 rings (SSSR count). The lowest BCUT2D eigenvalue weighted by Crippen LogP contribution is -2.38.